The van der Waals surface area contributed by atoms with E-state index in [1.165, 1.54) is 30.0 Å². The Morgan fingerprint density at radius 1 is 1.44 bits per heavy atom. The van der Waals surface area contributed by atoms with Crippen molar-refractivity contribution in [1.82, 2.24) is 5.32 Å². The molecule has 1 amide bonds. The number of halogens is 1. The highest BCUT2D eigenvalue weighted by Gasteiger charge is 2.25. The summed E-state index contributed by atoms with van der Waals surface area (Å²) in [6, 6.07) is 5.77. The van der Waals surface area contributed by atoms with Crippen LogP contribution in [0.1, 0.15) is 12.0 Å². The number of rotatable bonds is 3. The molecule has 1 saturated heterocycles. The maximum Gasteiger partial charge on any atom is 0.244 e. The van der Waals surface area contributed by atoms with Gasteiger partial charge in [-0.15, -0.1) is 0 Å². The molecule has 1 heterocycles. The minimum absolute atomic E-state index is 0.0114. The third-order valence-corrected chi connectivity index (χ3v) is 3.58. The smallest absolute Gasteiger partial charge is 0.244 e. The van der Waals surface area contributed by atoms with Gasteiger partial charge in [0.1, 0.15) is 5.82 Å². The second-order valence-corrected chi connectivity index (χ2v) is 4.97. The molecule has 0 spiro atoms. The Balaban J connectivity index is 1.95. The topological polar surface area (TPSA) is 46.2 Å². The summed E-state index contributed by atoms with van der Waals surface area (Å²) >= 11 is 1.23. The van der Waals surface area contributed by atoms with Crippen molar-refractivity contribution in [3.05, 3.63) is 41.7 Å². The van der Waals surface area contributed by atoms with E-state index in [-0.39, 0.29) is 16.8 Å². The van der Waals surface area contributed by atoms with Gasteiger partial charge in [-0.05, 0) is 18.6 Å². The molecule has 1 N–H and O–H groups in total. The van der Waals surface area contributed by atoms with Gasteiger partial charge in [-0.25, -0.2) is 4.39 Å². The normalized spacial score (nSPS) is 19.4. The highest BCUT2D eigenvalue weighted by atomic mass is 32.2. The molecule has 1 atom stereocenters. The van der Waals surface area contributed by atoms with E-state index in [1.807, 2.05) is 0 Å². The highest BCUT2D eigenvalue weighted by molar-refractivity contribution is 8.14. The number of amides is 1. The molecule has 0 aliphatic carbocycles. The molecule has 94 valence electrons. The number of thioether (sulfide) groups is 1. The van der Waals surface area contributed by atoms with Crippen LogP contribution < -0.4 is 5.32 Å². The Hall–Kier alpha value is -1.62. The van der Waals surface area contributed by atoms with E-state index in [2.05, 4.69) is 5.32 Å². The third-order valence-electron chi connectivity index (χ3n) is 2.57. The molecule has 0 aromatic heterocycles. The van der Waals surface area contributed by atoms with Crippen LogP contribution in [0.25, 0.3) is 6.08 Å². The maximum atomic E-state index is 13.3. The van der Waals surface area contributed by atoms with Crippen LogP contribution >= 0.6 is 11.8 Å². The lowest BCUT2D eigenvalue weighted by atomic mass is 10.2. The Morgan fingerprint density at radius 3 is 2.89 bits per heavy atom. The first-order valence-corrected chi connectivity index (χ1v) is 6.55. The van der Waals surface area contributed by atoms with E-state index in [0.717, 1.165) is 5.75 Å². The van der Waals surface area contributed by atoms with Crippen LogP contribution in [0.3, 0.4) is 0 Å². The van der Waals surface area contributed by atoms with Crippen LogP contribution in [0, 0.1) is 5.82 Å². The van der Waals surface area contributed by atoms with Gasteiger partial charge in [-0.2, -0.15) is 0 Å². The van der Waals surface area contributed by atoms with Gasteiger partial charge in [-0.3, -0.25) is 9.59 Å². The molecular weight excluding hydrogens is 253 g/mol. The standard InChI is InChI=1S/C13H12FNO2S/c14-10-4-2-1-3-9(10)5-6-12(16)15-11-7-8-18-13(11)17/h1-6,11H,7-8H2,(H,15,16). The monoisotopic (exact) mass is 265 g/mol. The molecular formula is C13H12FNO2S. The molecule has 2 rings (SSSR count). The predicted molar refractivity (Wildman–Crippen MR) is 69.4 cm³/mol. The minimum Gasteiger partial charge on any atom is -0.342 e. The first-order valence-electron chi connectivity index (χ1n) is 5.56. The Morgan fingerprint density at radius 2 is 2.22 bits per heavy atom. The van der Waals surface area contributed by atoms with Gasteiger partial charge in [0.25, 0.3) is 0 Å². The molecule has 1 aliphatic rings. The van der Waals surface area contributed by atoms with E-state index >= 15 is 0 Å². The van der Waals surface area contributed by atoms with Gasteiger partial charge in [0, 0.05) is 17.4 Å². The fraction of sp³-hybridized carbons (Fsp3) is 0.231. The largest absolute Gasteiger partial charge is 0.342 e. The molecule has 0 saturated carbocycles. The van der Waals surface area contributed by atoms with Crippen molar-refractivity contribution in [1.29, 1.82) is 0 Å². The van der Waals surface area contributed by atoms with Crippen LogP contribution in [0.15, 0.2) is 30.3 Å². The van der Waals surface area contributed by atoms with Gasteiger partial charge >= 0.3 is 0 Å². The number of benzene rings is 1. The van der Waals surface area contributed by atoms with Crippen LogP contribution in [-0.2, 0) is 9.59 Å². The fourth-order valence-electron chi connectivity index (χ4n) is 1.62. The summed E-state index contributed by atoms with van der Waals surface area (Å²) in [5, 5.41) is 2.59. The zero-order valence-electron chi connectivity index (χ0n) is 9.56. The lowest BCUT2D eigenvalue weighted by Crippen LogP contribution is -2.35. The van der Waals surface area contributed by atoms with Crippen LogP contribution in [-0.4, -0.2) is 22.8 Å². The van der Waals surface area contributed by atoms with E-state index in [0.29, 0.717) is 12.0 Å². The number of carbonyl (C=O) groups is 2. The molecule has 3 nitrogen and oxygen atoms in total. The summed E-state index contributed by atoms with van der Waals surface area (Å²) in [7, 11) is 0. The quantitative estimate of drug-likeness (QED) is 0.850. The van der Waals surface area contributed by atoms with Crippen molar-refractivity contribution in [3.8, 4) is 0 Å². The lowest BCUT2D eigenvalue weighted by Gasteiger charge is -2.07. The van der Waals surface area contributed by atoms with Crippen molar-refractivity contribution in [2.75, 3.05) is 5.75 Å². The first kappa shape index (κ1) is 12.8. The van der Waals surface area contributed by atoms with E-state index in [4.69, 9.17) is 0 Å². The summed E-state index contributed by atoms with van der Waals surface area (Å²) in [4.78, 5) is 22.8. The average molecular weight is 265 g/mol. The van der Waals surface area contributed by atoms with E-state index in [1.54, 1.807) is 18.2 Å². The predicted octanol–water partition coefficient (Wildman–Crippen LogP) is 1.99. The second-order valence-electron chi connectivity index (χ2n) is 3.87. The highest BCUT2D eigenvalue weighted by Crippen LogP contribution is 2.19. The Bertz CT molecular complexity index is 502. The molecule has 5 heteroatoms. The number of carbonyl (C=O) groups excluding carboxylic acids is 2. The lowest BCUT2D eigenvalue weighted by molar-refractivity contribution is -0.120. The Labute approximate surface area is 108 Å². The fourth-order valence-corrected chi connectivity index (χ4v) is 2.56. The SMILES string of the molecule is O=C(C=Cc1ccccc1F)NC1CCSC1=O. The Kier molecular flexibility index (Phi) is 4.15. The summed E-state index contributed by atoms with van der Waals surface area (Å²) < 4.78 is 13.3. The first-order chi connectivity index (χ1) is 8.66. The van der Waals surface area contributed by atoms with Crippen molar-refractivity contribution >= 4 is 28.9 Å². The van der Waals surface area contributed by atoms with Crippen molar-refractivity contribution in [2.45, 2.75) is 12.5 Å². The average Bonchev–Trinajstić information content (AvgIpc) is 2.74. The summed E-state index contributed by atoms with van der Waals surface area (Å²) in [6.07, 6.45) is 3.30. The van der Waals surface area contributed by atoms with Crippen LogP contribution in [0.2, 0.25) is 0 Å². The third kappa shape index (κ3) is 3.20. The van der Waals surface area contributed by atoms with E-state index < -0.39 is 6.04 Å². The van der Waals surface area contributed by atoms with Crippen LogP contribution in [0.4, 0.5) is 4.39 Å². The van der Waals surface area contributed by atoms with Crippen molar-refractivity contribution < 1.29 is 14.0 Å². The number of nitrogens with one attached hydrogen (secondary N) is 1. The number of hydrogen-bond acceptors (Lipinski definition) is 3. The van der Waals surface area contributed by atoms with Gasteiger partial charge in [0.05, 0.1) is 6.04 Å². The van der Waals surface area contributed by atoms with Crippen molar-refractivity contribution in [3.63, 3.8) is 0 Å². The maximum absolute atomic E-state index is 13.3. The van der Waals surface area contributed by atoms with Gasteiger partial charge in [-0.1, -0.05) is 30.0 Å². The summed E-state index contributed by atoms with van der Waals surface area (Å²) in [5.74, 6) is -0.0194. The zero-order valence-corrected chi connectivity index (χ0v) is 10.4. The van der Waals surface area contributed by atoms with E-state index in [9.17, 15) is 14.0 Å². The van der Waals surface area contributed by atoms with Gasteiger partial charge in [0.2, 0.25) is 11.0 Å². The molecule has 1 unspecified atom stereocenters. The summed E-state index contributed by atoms with van der Waals surface area (Å²) in [5.41, 5.74) is 0.347. The minimum atomic E-state index is -0.409. The van der Waals surface area contributed by atoms with Gasteiger partial charge < -0.3 is 5.32 Å². The van der Waals surface area contributed by atoms with Crippen LogP contribution in [0.5, 0.6) is 0 Å². The molecule has 0 radical (unpaired) electrons. The molecule has 1 aromatic rings. The van der Waals surface area contributed by atoms with Crippen molar-refractivity contribution in [2.24, 2.45) is 0 Å². The molecule has 1 fully saturated rings. The molecule has 1 aliphatic heterocycles. The van der Waals surface area contributed by atoms with Gasteiger partial charge in [0.15, 0.2) is 0 Å². The second kappa shape index (κ2) is 5.82. The molecule has 0 bridgehead atoms. The molecule has 1 aromatic carbocycles. The molecule has 18 heavy (non-hydrogen) atoms. The zero-order chi connectivity index (χ0) is 13.0. The summed E-state index contributed by atoms with van der Waals surface area (Å²) in [6.45, 7) is 0. The number of hydrogen-bond donors (Lipinski definition) is 1.